The van der Waals surface area contributed by atoms with Gasteiger partial charge in [0.25, 0.3) is 0 Å². The molecule has 4 heterocycles. The second kappa shape index (κ2) is 11.5. The molecule has 0 bridgehead atoms. The molecule has 0 saturated carbocycles. The Morgan fingerprint density at radius 1 is 1.22 bits per heavy atom. The molecule has 32 heavy (non-hydrogen) atoms. The average molecular weight is 531 g/mol. The minimum atomic E-state index is 0.110. The summed E-state index contributed by atoms with van der Waals surface area (Å²) >= 11 is 7.85. The van der Waals surface area contributed by atoms with Gasteiger partial charge in [0.2, 0.25) is 11.9 Å². The number of hydrogen-bond donors (Lipinski definition) is 1. The zero-order chi connectivity index (χ0) is 23.1. The number of aromatic nitrogens is 5. The van der Waals surface area contributed by atoms with Crippen molar-refractivity contribution < 1.29 is 25.4 Å². The first-order valence-electron chi connectivity index (χ1n) is 10.1. The number of nitrogens with one attached hydrogen (secondary N) is 1. The van der Waals surface area contributed by atoms with Gasteiger partial charge in [0.1, 0.15) is 0 Å². The van der Waals surface area contributed by atoms with Crippen molar-refractivity contribution in [2.24, 2.45) is 0 Å². The quantitative estimate of drug-likeness (QED) is 0.364. The maximum absolute atomic E-state index is 12.0. The molecule has 0 atom stereocenters. The second-order valence-corrected chi connectivity index (χ2v) is 7.44. The molecule has 0 aromatic carbocycles. The van der Waals surface area contributed by atoms with Gasteiger partial charge in [-0.15, -0.1) is 0 Å². The van der Waals surface area contributed by atoms with E-state index in [9.17, 15) is 4.79 Å². The summed E-state index contributed by atoms with van der Waals surface area (Å²) in [5.74, 6) is 0.485. The molecule has 3 aromatic heterocycles. The number of hydrogen-bond acceptors (Lipinski definition) is 6. The number of anilines is 3. The summed E-state index contributed by atoms with van der Waals surface area (Å²) in [4.78, 5) is 26.8. The van der Waals surface area contributed by atoms with E-state index in [2.05, 4.69) is 43.9 Å². The molecule has 0 radical (unpaired) electrons. The fourth-order valence-electron chi connectivity index (χ4n) is 3.39. The summed E-state index contributed by atoms with van der Waals surface area (Å²) in [7, 11) is 0. The van der Waals surface area contributed by atoms with Crippen LogP contribution < -0.4 is 10.2 Å². The Balaban J connectivity index is 0.00000141. The first-order chi connectivity index (χ1) is 15.6. The Labute approximate surface area is 204 Å². The third-order valence-corrected chi connectivity index (χ3v) is 5.30. The number of halogens is 1. The fourth-order valence-corrected chi connectivity index (χ4v) is 3.59. The van der Waals surface area contributed by atoms with Gasteiger partial charge in [-0.1, -0.05) is 11.6 Å². The number of carbonyl (C=O) groups excluding carboxylic acids is 1. The molecule has 3 aromatic rings. The number of nitrogens with zero attached hydrogens (tertiary/aromatic N) is 6. The van der Waals surface area contributed by atoms with E-state index >= 15 is 0 Å². The molecule has 1 N–H and O–H groups in total. The summed E-state index contributed by atoms with van der Waals surface area (Å²) in [5.41, 5.74) is 2.80. The monoisotopic (exact) mass is 530 g/mol. The molecule has 0 unspecified atom stereocenters. The second-order valence-electron chi connectivity index (χ2n) is 7.04. The Hall–Kier alpha value is -2.39. The van der Waals surface area contributed by atoms with Crippen LogP contribution in [0.4, 0.5) is 17.3 Å². The molecule has 0 aliphatic carbocycles. The third-order valence-electron chi connectivity index (χ3n) is 5.02. The van der Waals surface area contributed by atoms with Crippen LogP contribution in [-0.4, -0.2) is 41.9 Å². The standard InChI is InChI=1S/C21H22ClN7O.CH2.Nb/c1-3-16(4-2)29-13-14(9-25-29)20-18(22)12-24-21(27-20)26-15-8-17(11-23-10-15)28-7-5-6-19(28)30;;/h8-13,16H,1-7H2,(H,24,26,27);1H2;/q-2;;. The summed E-state index contributed by atoms with van der Waals surface area (Å²) in [6.45, 7) is 8.59. The first-order valence-corrected chi connectivity index (χ1v) is 12.0. The Kier molecular flexibility index (Phi) is 8.69. The summed E-state index contributed by atoms with van der Waals surface area (Å²) in [6, 6.07) is 1.98. The van der Waals surface area contributed by atoms with Crippen molar-refractivity contribution in [1.29, 1.82) is 0 Å². The molecule has 4 rings (SSSR count). The van der Waals surface area contributed by atoms with E-state index in [1.54, 1.807) is 29.7 Å². The van der Waals surface area contributed by atoms with Gasteiger partial charge in [-0.05, 0) is 18.5 Å². The van der Waals surface area contributed by atoms with Gasteiger partial charge in [-0.2, -0.15) is 17.9 Å². The fraction of sp³-hybridized carbons (Fsp3) is 0.273. The van der Waals surface area contributed by atoms with E-state index < -0.39 is 0 Å². The van der Waals surface area contributed by atoms with Crippen molar-refractivity contribution in [2.75, 3.05) is 16.8 Å². The molecular formula is C22H24ClN7NbO-2. The van der Waals surface area contributed by atoms with Crippen molar-refractivity contribution >= 4 is 39.6 Å². The van der Waals surface area contributed by atoms with Crippen molar-refractivity contribution in [3.63, 3.8) is 0 Å². The Morgan fingerprint density at radius 2 is 2.00 bits per heavy atom. The zero-order valence-electron chi connectivity index (χ0n) is 17.6. The van der Waals surface area contributed by atoms with E-state index in [-0.39, 0.29) is 11.9 Å². The number of carbonyl (C=O) groups is 1. The van der Waals surface area contributed by atoms with Gasteiger partial charge in [-0.25, -0.2) is 9.97 Å². The summed E-state index contributed by atoms with van der Waals surface area (Å²) in [6.07, 6.45) is 11.3. The van der Waals surface area contributed by atoms with E-state index in [4.69, 9.17) is 11.6 Å². The molecular weight excluding hydrogens is 507 g/mol. The van der Waals surface area contributed by atoms with Crippen molar-refractivity contribution in [3.8, 4) is 11.3 Å². The molecule has 1 saturated heterocycles. The molecule has 1 aliphatic rings. The van der Waals surface area contributed by atoms with Crippen molar-refractivity contribution in [1.82, 2.24) is 24.7 Å². The molecule has 167 valence electrons. The van der Waals surface area contributed by atoms with Gasteiger partial charge in [0.15, 0.2) is 0 Å². The third kappa shape index (κ3) is 5.50. The van der Waals surface area contributed by atoms with Crippen LogP contribution in [0.25, 0.3) is 11.3 Å². The van der Waals surface area contributed by atoms with Crippen LogP contribution in [0.5, 0.6) is 0 Å². The van der Waals surface area contributed by atoms with Gasteiger partial charge in [0, 0.05) is 24.7 Å². The summed E-state index contributed by atoms with van der Waals surface area (Å²) in [5, 5.41) is 7.97. The molecule has 10 heteroatoms. The molecule has 1 fully saturated rings. The molecule has 1 aliphatic heterocycles. The van der Waals surface area contributed by atoms with E-state index in [1.807, 2.05) is 16.9 Å². The van der Waals surface area contributed by atoms with Crippen LogP contribution in [-0.2, 0) is 25.4 Å². The molecule has 0 spiro atoms. The molecule has 1 amide bonds. The summed E-state index contributed by atoms with van der Waals surface area (Å²) < 4.78 is 5.13. The Bertz CT molecular complexity index is 1070. The van der Waals surface area contributed by atoms with E-state index in [0.29, 0.717) is 48.2 Å². The van der Waals surface area contributed by atoms with Crippen LogP contribution in [0.15, 0.2) is 37.1 Å². The average Bonchev–Trinajstić information content (AvgIpc) is 3.47. The normalized spacial score (nSPS) is 13.2. The van der Waals surface area contributed by atoms with Crippen LogP contribution in [0.1, 0.15) is 31.7 Å². The number of pyridine rings is 1. The predicted molar refractivity (Wildman–Crippen MR) is 123 cm³/mol. The van der Waals surface area contributed by atoms with Crippen LogP contribution in [0.3, 0.4) is 0 Å². The molecule has 8 nitrogen and oxygen atoms in total. The number of rotatable bonds is 7. The van der Waals surface area contributed by atoms with Gasteiger partial charge < -0.3 is 24.1 Å². The van der Waals surface area contributed by atoms with Gasteiger partial charge in [0.05, 0.1) is 46.9 Å². The van der Waals surface area contributed by atoms with Crippen molar-refractivity contribution in [3.05, 3.63) is 55.9 Å². The van der Waals surface area contributed by atoms with Gasteiger partial charge >= 0.3 is 25.3 Å². The van der Waals surface area contributed by atoms with Crippen LogP contribution >= 0.6 is 11.6 Å². The van der Waals surface area contributed by atoms with Crippen molar-refractivity contribution in [2.45, 2.75) is 31.7 Å². The minimum absolute atomic E-state index is 0.110. The maximum atomic E-state index is 12.0. The Morgan fingerprint density at radius 3 is 2.69 bits per heavy atom. The predicted octanol–water partition coefficient (Wildman–Crippen LogP) is 4.21. The van der Waals surface area contributed by atoms with Crippen LogP contribution in [0.2, 0.25) is 5.02 Å². The van der Waals surface area contributed by atoms with Crippen LogP contribution in [0, 0.1) is 13.8 Å². The first kappa shape index (κ1) is 24.3. The SMILES string of the molecule is [CH2-]CC(C[CH2-])n1cc(-c2nc(Nc3cncc(N4CCCC4=O)c3)ncc2Cl)cn1.[CH2]=[Nb]. The topological polar surface area (TPSA) is 88.8 Å². The zero-order valence-corrected chi connectivity index (χ0v) is 20.6. The van der Waals surface area contributed by atoms with E-state index in [1.165, 1.54) is 20.6 Å². The van der Waals surface area contributed by atoms with Gasteiger partial charge in [-0.3, -0.25) is 14.5 Å². The number of amides is 1. The van der Waals surface area contributed by atoms with E-state index in [0.717, 1.165) is 17.7 Å².